The van der Waals surface area contributed by atoms with Gasteiger partial charge in [0.25, 0.3) is 0 Å². The topological polar surface area (TPSA) is 57.7 Å². The van der Waals surface area contributed by atoms with Gasteiger partial charge in [-0.2, -0.15) is 0 Å². The number of carbonyl (C=O) groups excluding carboxylic acids is 3. The zero-order valence-corrected chi connectivity index (χ0v) is 21.6. The van der Waals surface area contributed by atoms with E-state index in [1.165, 1.54) is 11.8 Å². The molecular formula is C25H22Cl4N2O3. The van der Waals surface area contributed by atoms with Gasteiger partial charge in [-0.1, -0.05) is 58.5 Å². The average molecular weight is 540 g/mol. The molecule has 0 N–H and O–H groups in total. The van der Waals surface area contributed by atoms with E-state index in [-0.39, 0.29) is 43.7 Å². The number of nitrogens with zero attached hydrogens (tertiary/aromatic N) is 2. The quantitative estimate of drug-likeness (QED) is 0.435. The van der Waals surface area contributed by atoms with Crippen LogP contribution in [0.2, 0.25) is 20.1 Å². The van der Waals surface area contributed by atoms with Gasteiger partial charge in [0.1, 0.15) is 0 Å². The smallest absolute Gasteiger partial charge is 0.224 e. The number of halogens is 4. The van der Waals surface area contributed by atoms with Crippen LogP contribution in [-0.4, -0.2) is 54.1 Å². The number of ketones is 1. The van der Waals surface area contributed by atoms with Crippen LogP contribution >= 0.6 is 46.4 Å². The lowest BCUT2D eigenvalue weighted by Crippen LogP contribution is -2.42. The molecular weight excluding hydrogens is 518 g/mol. The number of rotatable bonds is 5. The molecule has 1 heterocycles. The van der Waals surface area contributed by atoms with Crippen molar-refractivity contribution in [1.82, 2.24) is 9.80 Å². The highest BCUT2D eigenvalue weighted by Gasteiger charge is 2.29. The molecule has 0 radical (unpaired) electrons. The molecule has 0 saturated carbocycles. The van der Waals surface area contributed by atoms with Gasteiger partial charge in [0, 0.05) is 51.2 Å². The Hall–Kier alpha value is -2.31. The number of amides is 2. The minimum atomic E-state index is -0.179. The SMILES string of the molecule is CC(=O)N(C)CCC(=O)N1C/C(=C\c2ccc(Cl)c(Cl)c2)C(=O)/C(=C/c2ccc(Cl)c(Cl)c2)C1. The minimum absolute atomic E-state index is 0.123. The third-order valence-corrected chi connectivity index (χ3v) is 6.90. The molecule has 2 aromatic rings. The number of hydrogen-bond donors (Lipinski definition) is 0. The summed E-state index contributed by atoms with van der Waals surface area (Å²) in [7, 11) is 1.64. The van der Waals surface area contributed by atoms with E-state index in [2.05, 4.69) is 0 Å². The fraction of sp³-hybridized carbons (Fsp3) is 0.240. The first-order chi connectivity index (χ1) is 16.0. The standard InChI is InChI=1S/C25H22Cl4N2O3/c1-15(32)30(2)8-7-24(33)31-13-18(9-16-3-5-20(26)22(28)11-16)25(34)19(14-31)10-17-4-6-21(27)23(29)12-17/h3-6,9-12H,7-8,13-14H2,1-2H3/b18-9+,19-10+. The van der Waals surface area contributed by atoms with Crippen LogP contribution in [-0.2, 0) is 14.4 Å². The van der Waals surface area contributed by atoms with Crippen molar-refractivity contribution < 1.29 is 14.4 Å². The number of likely N-dealkylation sites (tertiary alicyclic amines) is 1. The van der Waals surface area contributed by atoms with Gasteiger partial charge in [0.05, 0.1) is 20.1 Å². The Bertz CT molecular complexity index is 1130. The van der Waals surface area contributed by atoms with E-state index in [4.69, 9.17) is 46.4 Å². The highest BCUT2D eigenvalue weighted by molar-refractivity contribution is 6.42. The predicted octanol–water partition coefficient (Wildman–Crippen LogP) is 6.05. The molecule has 0 aliphatic carbocycles. The van der Waals surface area contributed by atoms with E-state index in [0.29, 0.717) is 42.4 Å². The van der Waals surface area contributed by atoms with E-state index in [9.17, 15) is 14.4 Å². The summed E-state index contributed by atoms with van der Waals surface area (Å²) in [6, 6.07) is 10.1. The summed E-state index contributed by atoms with van der Waals surface area (Å²) in [4.78, 5) is 40.9. The molecule has 9 heteroatoms. The lowest BCUT2D eigenvalue weighted by molar-refractivity contribution is -0.132. The van der Waals surface area contributed by atoms with Crippen molar-refractivity contribution in [2.45, 2.75) is 13.3 Å². The van der Waals surface area contributed by atoms with Gasteiger partial charge < -0.3 is 9.80 Å². The number of carbonyl (C=O) groups is 3. The molecule has 0 spiro atoms. The molecule has 0 atom stereocenters. The van der Waals surface area contributed by atoms with Crippen molar-refractivity contribution in [3.05, 3.63) is 78.8 Å². The van der Waals surface area contributed by atoms with Crippen LogP contribution in [0.5, 0.6) is 0 Å². The van der Waals surface area contributed by atoms with Crippen LogP contribution in [0.15, 0.2) is 47.5 Å². The number of piperidine rings is 1. The van der Waals surface area contributed by atoms with Crippen molar-refractivity contribution in [2.75, 3.05) is 26.7 Å². The van der Waals surface area contributed by atoms with Crippen LogP contribution in [0, 0.1) is 0 Å². The first kappa shape index (κ1) is 26.3. The van der Waals surface area contributed by atoms with Crippen molar-refractivity contribution in [3.63, 3.8) is 0 Å². The molecule has 34 heavy (non-hydrogen) atoms. The molecule has 1 aliphatic rings. The number of benzene rings is 2. The van der Waals surface area contributed by atoms with Crippen LogP contribution in [0.3, 0.4) is 0 Å². The second kappa shape index (κ2) is 11.4. The summed E-state index contributed by atoms with van der Waals surface area (Å²) in [5.74, 6) is -0.468. The summed E-state index contributed by atoms with van der Waals surface area (Å²) in [6.07, 6.45) is 3.55. The van der Waals surface area contributed by atoms with Gasteiger partial charge in [-0.25, -0.2) is 0 Å². The molecule has 0 bridgehead atoms. The van der Waals surface area contributed by atoms with Crippen LogP contribution in [0.4, 0.5) is 0 Å². The molecule has 1 aliphatic heterocycles. The summed E-state index contributed by atoms with van der Waals surface area (Å²) in [5.41, 5.74) is 2.25. The maximum Gasteiger partial charge on any atom is 0.224 e. The molecule has 178 valence electrons. The third kappa shape index (κ3) is 6.63. The fourth-order valence-electron chi connectivity index (χ4n) is 3.40. The second-order valence-corrected chi connectivity index (χ2v) is 9.58. The molecule has 3 rings (SSSR count). The maximum absolute atomic E-state index is 13.3. The predicted molar refractivity (Wildman–Crippen MR) is 138 cm³/mol. The van der Waals surface area contributed by atoms with Gasteiger partial charge in [0.15, 0.2) is 5.78 Å². The first-order valence-electron chi connectivity index (χ1n) is 10.4. The normalized spacial score (nSPS) is 16.3. The Morgan fingerprint density at radius 1 is 0.882 bits per heavy atom. The Balaban J connectivity index is 1.95. The summed E-state index contributed by atoms with van der Waals surface area (Å²) < 4.78 is 0. The van der Waals surface area contributed by atoms with Gasteiger partial charge in [-0.3, -0.25) is 14.4 Å². The zero-order valence-electron chi connectivity index (χ0n) is 18.6. The van der Waals surface area contributed by atoms with Crippen molar-refractivity contribution in [3.8, 4) is 0 Å². The molecule has 5 nitrogen and oxygen atoms in total. The Kier molecular flexibility index (Phi) is 8.83. The van der Waals surface area contributed by atoms with E-state index in [0.717, 1.165) is 0 Å². The van der Waals surface area contributed by atoms with Gasteiger partial charge in [-0.05, 0) is 47.5 Å². The largest absolute Gasteiger partial charge is 0.345 e. The van der Waals surface area contributed by atoms with Gasteiger partial charge in [0.2, 0.25) is 11.8 Å². The Morgan fingerprint density at radius 2 is 1.35 bits per heavy atom. The molecule has 2 amide bonds. The first-order valence-corrected chi connectivity index (χ1v) is 11.9. The summed E-state index contributed by atoms with van der Waals surface area (Å²) in [5, 5.41) is 1.55. The van der Waals surface area contributed by atoms with E-state index in [1.807, 2.05) is 0 Å². The zero-order chi connectivity index (χ0) is 25.0. The van der Waals surface area contributed by atoms with Gasteiger partial charge >= 0.3 is 0 Å². The molecule has 2 aromatic carbocycles. The lowest BCUT2D eigenvalue weighted by atomic mass is 9.94. The van der Waals surface area contributed by atoms with Gasteiger partial charge in [-0.15, -0.1) is 0 Å². The average Bonchev–Trinajstić information content (AvgIpc) is 2.79. The fourth-order valence-corrected chi connectivity index (χ4v) is 4.01. The lowest BCUT2D eigenvalue weighted by Gasteiger charge is -2.30. The number of hydrogen-bond acceptors (Lipinski definition) is 3. The third-order valence-electron chi connectivity index (χ3n) is 5.43. The monoisotopic (exact) mass is 538 g/mol. The van der Waals surface area contributed by atoms with Crippen LogP contribution < -0.4 is 0 Å². The highest BCUT2D eigenvalue weighted by atomic mass is 35.5. The molecule has 0 aromatic heterocycles. The Labute approximate surface area is 218 Å². The van der Waals surface area contributed by atoms with E-state index in [1.54, 1.807) is 60.5 Å². The van der Waals surface area contributed by atoms with Crippen LogP contribution in [0.25, 0.3) is 12.2 Å². The molecule has 1 saturated heterocycles. The minimum Gasteiger partial charge on any atom is -0.345 e. The van der Waals surface area contributed by atoms with E-state index >= 15 is 0 Å². The summed E-state index contributed by atoms with van der Waals surface area (Å²) in [6.45, 7) is 2.01. The van der Waals surface area contributed by atoms with E-state index < -0.39 is 0 Å². The summed E-state index contributed by atoms with van der Waals surface area (Å²) >= 11 is 24.3. The highest BCUT2D eigenvalue weighted by Crippen LogP contribution is 2.28. The van der Waals surface area contributed by atoms with Crippen molar-refractivity contribution >= 4 is 76.2 Å². The Morgan fingerprint density at radius 3 is 1.76 bits per heavy atom. The maximum atomic E-state index is 13.3. The molecule has 1 fully saturated rings. The number of Topliss-reactive ketones (excluding diaryl/α,β-unsaturated/α-hetero) is 1. The second-order valence-electron chi connectivity index (χ2n) is 7.96. The van der Waals surface area contributed by atoms with Crippen molar-refractivity contribution in [1.29, 1.82) is 0 Å². The van der Waals surface area contributed by atoms with Crippen molar-refractivity contribution in [2.24, 2.45) is 0 Å². The van der Waals surface area contributed by atoms with Crippen LogP contribution in [0.1, 0.15) is 24.5 Å². The molecule has 0 unspecified atom stereocenters.